The highest BCUT2D eigenvalue weighted by Crippen LogP contribution is 2.30. The molecule has 12 heteroatoms. The number of carbonyl (C=O) groups excluding carboxylic acids is 2. The normalized spacial score (nSPS) is 11.0. The third-order valence-corrected chi connectivity index (χ3v) is 6.87. The monoisotopic (exact) mass is 666 g/mol. The van der Waals surface area contributed by atoms with Gasteiger partial charge in [0.25, 0.3) is 11.8 Å². The van der Waals surface area contributed by atoms with Crippen molar-refractivity contribution in [3.05, 3.63) is 125 Å². The second-order valence-corrected chi connectivity index (χ2v) is 10.4. The summed E-state index contributed by atoms with van der Waals surface area (Å²) in [5.41, 5.74) is 4.03. The molecule has 4 aromatic carbocycles. The molecule has 0 saturated heterocycles. The number of rotatable bonds is 14. The minimum absolute atomic E-state index is 0.253. The number of carbonyl (C=O) groups is 2. The number of nitrogens with one attached hydrogen (secondary N) is 3. The van der Waals surface area contributed by atoms with E-state index < -0.39 is 23.4 Å². The van der Waals surface area contributed by atoms with Crippen molar-refractivity contribution in [1.82, 2.24) is 10.2 Å². The van der Waals surface area contributed by atoms with E-state index in [4.69, 9.17) is 18.9 Å². The smallest absolute Gasteiger partial charge is 0.262 e. The van der Waals surface area contributed by atoms with Crippen molar-refractivity contribution in [2.75, 3.05) is 38.1 Å². The van der Waals surface area contributed by atoms with Crippen LogP contribution in [0.5, 0.6) is 23.0 Å². The number of hydrogen-bond acceptors (Lipinski definition) is 7. The molecule has 0 fully saturated rings. The summed E-state index contributed by atoms with van der Waals surface area (Å²) in [6.07, 6.45) is 7.43. The first-order valence-electron chi connectivity index (χ1n) is 14.9. The fourth-order valence-corrected chi connectivity index (χ4v) is 4.45. The van der Waals surface area contributed by atoms with Gasteiger partial charge in [-0.1, -0.05) is 24.3 Å². The van der Waals surface area contributed by atoms with Gasteiger partial charge in [-0.15, -0.1) is 0 Å². The van der Waals surface area contributed by atoms with E-state index in [1.165, 1.54) is 62.8 Å². The fraction of sp³-hybridized carbons (Fsp3) is 0.108. The zero-order valence-electron chi connectivity index (χ0n) is 26.5. The molecule has 0 spiro atoms. The van der Waals surface area contributed by atoms with E-state index in [2.05, 4.69) is 20.8 Å². The molecule has 0 radical (unpaired) electrons. The van der Waals surface area contributed by atoms with Crippen LogP contribution in [0.4, 0.5) is 20.2 Å². The molecule has 10 nitrogen and oxygen atoms in total. The van der Waals surface area contributed by atoms with E-state index in [-0.39, 0.29) is 13.2 Å². The summed E-state index contributed by atoms with van der Waals surface area (Å²) in [5, 5.41) is 12.6. The highest BCUT2D eigenvalue weighted by molar-refractivity contribution is 5.92. The Morgan fingerprint density at radius 1 is 0.633 bits per heavy atom. The molecule has 1 heterocycles. The molecule has 0 saturated carbocycles. The van der Waals surface area contributed by atoms with Gasteiger partial charge in [0.1, 0.15) is 11.6 Å². The molecular formula is C37H32F2N4O6. The molecule has 3 N–H and O–H groups in total. The van der Waals surface area contributed by atoms with Gasteiger partial charge in [-0.25, -0.2) is 8.78 Å². The van der Waals surface area contributed by atoms with Gasteiger partial charge in [-0.3, -0.25) is 14.7 Å². The van der Waals surface area contributed by atoms with E-state index in [0.29, 0.717) is 40.1 Å². The summed E-state index contributed by atoms with van der Waals surface area (Å²) in [7, 11) is 3.02. The van der Waals surface area contributed by atoms with Crippen LogP contribution < -0.4 is 29.6 Å². The standard InChI is InChI=1S/C37H32F2N4O6/c1-46-34-19-24(5-17-32(34)48-22-36(44)40-28-13-7-26(38)8-14-28)3-11-30-21-31(43-42-30)12-4-25-6-18-33(35(20-25)47-2)49-23-37(45)41-29-15-9-27(39)10-16-29/h3-21H,22-23H2,1-2H3,(H,40,44)(H,41,45)(H,42,43)/b11-3+,12-4+. The van der Waals surface area contributed by atoms with Gasteiger partial charge in [-0.2, -0.15) is 5.10 Å². The third-order valence-electron chi connectivity index (χ3n) is 6.87. The first kappa shape index (κ1) is 33.9. The van der Waals surface area contributed by atoms with E-state index in [9.17, 15) is 18.4 Å². The van der Waals surface area contributed by atoms with Crippen molar-refractivity contribution in [2.24, 2.45) is 0 Å². The van der Waals surface area contributed by atoms with Crippen molar-refractivity contribution in [1.29, 1.82) is 0 Å². The molecule has 2 amide bonds. The first-order chi connectivity index (χ1) is 23.8. The number of benzene rings is 4. The topological polar surface area (TPSA) is 124 Å². The maximum atomic E-state index is 13.1. The number of aromatic nitrogens is 2. The summed E-state index contributed by atoms with van der Waals surface area (Å²) >= 11 is 0. The third kappa shape index (κ3) is 10.0. The van der Waals surface area contributed by atoms with Crippen molar-refractivity contribution in [3.63, 3.8) is 0 Å². The lowest BCUT2D eigenvalue weighted by Crippen LogP contribution is -2.20. The number of H-pyrrole nitrogens is 1. The molecule has 1 aromatic heterocycles. The molecule has 5 aromatic rings. The van der Waals surface area contributed by atoms with Gasteiger partial charge in [0, 0.05) is 11.4 Å². The van der Waals surface area contributed by atoms with Crippen LogP contribution in [0.15, 0.2) is 91.0 Å². The Morgan fingerprint density at radius 3 is 1.57 bits per heavy atom. The summed E-state index contributed by atoms with van der Waals surface area (Å²) in [4.78, 5) is 24.5. The molecule has 0 aliphatic carbocycles. The van der Waals surface area contributed by atoms with Crippen LogP contribution in [0, 0.1) is 11.6 Å². The molecule has 49 heavy (non-hydrogen) atoms. The predicted octanol–water partition coefficient (Wildman–Crippen LogP) is 7.08. The Hall–Kier alpha value is -6.43. The Morgan fingerprint density at radius 2 is 1.10 bits per heavy atom. The van der Waals surface area contributed by atoms with Crippen molar-refractivity contribution >= 4 is 47.5 Å². The van der Waals surface area contributed by atoms with E-state index in [1.54, 1.807) is 24.3 Å². The average Bonchev–Trinajstić information content (AvgIpc) is 3.58. The zero-order valence-corrected chi connectivity index (χ0v) is 26.5. The molecule has 250 valence electrons. The van der Waals surface area contributed by atoms with Gasteiger partial charge in [0.2, 0.25) is 0 Å². The lowest BCUT2D eigenvalue weighted by Gasteiger charge is -2.11. The van der Waals surface area contributed by atoms with Crippen LogP contribution in [0.2, 0.25) is 0 Å². The Balaban J connectivity index is 1.13. The molecule has 0 aliphatic heterocycles. The molecule has 0 bridgehead atoms. The van der Waals surface area contributed by atoms with Gasteiger partial charge < -0.3 is 29.6 Å². The van der Waals surface area contributed by atoms with Crippen LogP contribution in [0.25, 0.3) is 24.3 Å². The van der Waals surface area contributed by atoms with Crippen LogP contribution >= 0.6 is 0 Å². The lowest BCUT2D eigenvalue weighted by atomic mass is 10.1. The van der Waals surface area contributed by atoms with E-state index in [0.717, 1.165) is 16.8 Å². The number of amides is 2. The summed E-state index contributed by atoms with van der Waals surface area (Å²) in [6.45, 7) is -0.507. The number of aromatic amines is 1. The summed E-state index contributed by atoms with van der Waals surface area (Å²) < 4.78 is 48.3. The van der Waals surface area contributed by atoms with Gasteiger partial charge in [0.05, 0.1) is 25.6 Å². The average molecular weight is 667 g/mol. The molecular weight excluding hydrogens is 634 g/mol. The van der Waals surface area contributed by atoms with Crippen molar-refractivity contribution < 1.29 is 37.3 Å². The number of nitrogens with zero attached hydrogens (tertiary/aromatic N) is 1. The number of ether oxygens (including phenoxy) is 4. The van der Waals surface area contributed by atoms with Crippen LogP contribution in [-0.4, -0.2) is 49.4 Å². The number of hydrogen-bond donors (Lipinski definition) is 3. The first-order valence-corrected chi connectivity index (χ1v) is 14.9. The second kappa shape index (κ2) is 16.4. The van der Waals surface area contributed by atoms with Crippen LogP contribution in [-0.2, 0) is 9.59 Å². The molecule has 5 rings (SSSR count). The van der Waals surface area contributed by atoms with E-state index in [1.807, 2.05) is 42.5 Å². The maximum absolute atomic E-state index is 13.1. The highest BCUT2D eigenvalue weighted by atomic mass is 19.1. The fourth-order valence-electron chi connectivity index (χ4n) is 4.45. The molecule has 0 unspecified atom stereocenters. The molecule has 0 aliphatic rings. The van der Waals surface area contributed by atoms with Gasteiger partial charge in [-0.05, 0) is 102 Å². The number of anilines is 2. The minimum atomic E-state index is -0.395. The Bertz CT molecular complexity index is 1820. The minimum Gasteiger partial charge on any atom is -0.493 e. The summed E-state index contributed by atoms with van der Waals surface area (Å²) in [6, 6.07) is 23.4. The second-order valence-electron chi connectivity index (χ2n) is 10.4. The highest BCUT2D eigenvalue weighted by Gasteiger charge is 2.11. The lowest BCUT2D eigenvalue weighted by molar-refractivity contribution is -0.118. The van der Waals surface area contributed by atoms with Gasteiger partial charge in [0.15, 0.2) is 36.2 Å². The van der Waals surface area contributed by atoms with Crippen LogP contribution in [0.3, 0.4) is 0 Å². The SMILES string of the molecule is COc1cc(/C=C/c2cc(/C=C/c3ccc(OCC(=O)Nc4ccc(F)cc4)c(OC)c3)[nH]n2)ccc1OCC(=O)Nc1ccc(F)cc1. The van der Waals surface area contributed by atoms with Gasteiger partial charge >= 0.3 is 0 Å². The van der Waals surface area contributed by atoms with Crippen molar-refractivity contribution in [2.45, 2.75) is 0 Å². The maximum Gasteiger partial charge on any atom is 0.262 e. The largest absolute Gasteiger partial charge is 0.493 e. The predicted molar refractivity (Wildman–Crippen MR) is 183 cm³/mol. The molecule has 0 atom stereocenters. The zero-order chi connectivity index (χ0) is 34.6. The Labute approximate surface area is 281 Å². The Kier molecular flexibility index (Phi) is 11.4. The quantitative estimate of drug-likeness (QED) is 0.116. The number of halogens is 2. The summed E-state index contributed by atoms with van der Waals surface area (Å²) in [5.74, 6) is 0.111. The van der Waals surface area contributed by atoms with Crippen molar-refractivity contribution in [3.8, 4) is 23.0 Å². The number of methoxy groups -OCH3 is 2. The van der Waals surface area contributed by atoms with E-state index >= 15 is 0 Å². The van der Waals surface area contributed by atoms with Crippen LogP contribution in [0.1, 0.15) is 22.5 Å².